The van der Waals surface area contributed by atoms with E-state index >= 15 is 0 Å². The summed E-state index contributed by atoms with van der Waals surface area (Å²) in [5.74, 6) is -0.325. The molecule has 1 aromatic rings. The predicted molar refractivity (Wildman–Crippen MR) is 77.8 cm³/mol. The lowest BCUT2D eigenvalue weighted by Gasteiger charge is -2.33. The highest BCUT2D eigenvalue weighted by Gasteiger charge is 2.27. The number of Topliss-reactive ketones (excluding diaryl/α,β-unsaturated/α-hetero) is 1. The second kappa shape index (κ2) is 7.19. The Bertz CT molecular complexity index is 518. The van der Waals surface area contributed by atoms with Gasteiger partial charge < -0.3 is 15.2 Å². The van der Waals surface area contributed by atoms with Crippen LogP contribution in [-0.2, 0) is 4.79 Å². The molecule has 1 atom stereocenters. The molecule has 1 aliphatic rings. The zero-order valence-electron chi connectivity index (χ0n) is 12.0. The third-order valence-electron chi connectivity index (χ3n) is 3.54. The number of carbonyl (C=O) groups excluding carboxylic acids is 1. The number of ether oxygens (including phenoxy) is 1. The molecule has 1 aromatic carbocycles. The molecule has 114 valence electrons. The monoisotopic (exact) mass is 292 g/mol. The van der Waals surface area contributed by atoms with Crippen molar-refractivity contribution >= 4 is 11.8 Å². The molecule has 0 radical (unpaired) electrons. The molecule has 0 amide bonds. The Kier molecular flexibility index (Phi) is 5.30. The van der Waals surface area contributed by atoms with Crippen LogP contribution in [0, 0.1) is 0 Å². The number of para-hydroxylation sites is 1. The van der Waals surface area contributed by atoms with E-state index in [4.69, 9.17) is 4.74 Å². The van der Waals surface area contributed by atoms with E-state index in [2.05, 4.69) is 5.32 Å². The van der Waals surface area contributed by atoms with Crippen LogP contribution < -0.4 is 10.1 Å². The van der Waals surface area contributed by atoms with Crippen molar-refractivity contribution in [2.24, 2.45) is 0 Å². The molecule has 1 fully saturated rings. The van der Waals surface area contributed by atoms with Crippen LogP contribution in [0.1, 0.15) is 17.3 Å². The van der Waals surface area contributed by atoms with Crippen molar-refractivity contribution < 1.29 is 19.4 Å². The Morgan fingerprint density at radius 1 is 1.43 bits per heavy atom. The Morgan fingerprint density at radius 3 is 2.90 bits per heavy atom. The maximum Gasteiger partial charge on any atom is 0.322 e. The molecular formula is C15H20N2O4. The highest BCUT2D eigenvalue weighted by Crippen LogP contribution is 2.18. The Hall–Kier alpha value is -1.92. The molecular weight excluding hydrogens is 272 g/mol. The standard InChI is InChI=1S/C15H20N2O4/c1-11(18)12-4-2-3-5-14(12)21-9-8-17-7-6-16-10-13(17)15(19)20/h2-5,13,16H,6-10H2,1H3,(H,19,20). The number of carboxylic acid groups (broad SMARTS) is 1. The van der Waals surface area contributed by atoms with E-state index in [1.165, 1.54) is 6.92 Å². The summed E-state index contributed by atoms with van der Waals surface area (Å²) >= 11 is 0. The molecule has 6 heteroatoms. The maximum atomic E-state index is 11.5. The number of rotatable bonds is 6. The van der Waals surface area contributed by atoms with E-state index < -0.39 is 12.0 Å². The molecule has 0 aromatic heterocycles. The first kappa shape index (κ1) is 15.5. The van der Waals surface area contributed by atoms with Crippen LogP contribution in [0.2, 0.25) is 0 Å². The summed E-state index contributed by atoms with van der Waals surface area (Å²) in [5, 5.41) is 12.2. The number of piperazine rings is 1. The third kappa shape index (κ3) is 4.03. The summed E-state index contributed by atoms with van der Waals surface area (Å²) in [6.07, 6.45) is 0. The predicted octanol–water partition coefficient (Wildman–Crippen LogP) is 0.626. The number of ketones is 1. The van der Waals surface area contributed by atoms with Gasteiger partial charge in [-0.2, -0.15) is 0 Å². The molecule has 1 aliphatic heterocycles. The van der Waals surface area contributed by atoms with Crippen molar-refractivity contribution in [3.8, 4) is 5.75 Å². The van der Waals surface area contributed by atoms with Gasteiger partial charge in [0.1, 0.15) is 18.4 Å². The first-order chi connectivity index (χ1) is 10.1. The van der Waals surface area contributed by atoms with Crippen molar-refractivity contribution in [1.29, 1.82) is 0 Å². The normalized spacial score (nSPS) is 19.2. The maximum absolute atomic E-state index is 11.5. The van der Waals surface area contributed by atoms with Crippen LogP contribution >= 0.6 is 0 Å². The van der Waals surface area contributed by atoms with Gasteiger partial charge in [0.05, 0.1) is 5.56 Å². The van der Waals surface area contributed by atoms with E-state index in [-0.39, 0.29) is 5.78 Å². The molecule has 2 rings (SSSR count). The molecule has 6 nitrogen and oxygen atoms in total. The number of nitrogens with one attached hydrogen (secondary N) is 1. The number of carboxylic acids is 1. The number of benzene rings is 1. The van der Waals surface area contributed by atoms with Gasteiger partial charge in [0.15, 0.2) is 5.78 Å². The molecule has 0 spiro atoms. The third-order valence-corrected chi connectivity index (χ3v) is 3.54. The van der Waals surface area contributed by atoms with Crippen molar-refractivity contribution in [2.45, 2.75) is 13.0 Å². The van der Waals surface area contributed by atoms with Gasteiger partial charge in [-0.3, -0.25) is 14.5 Å². The summed E-state index contributed by atoms with van der Waals surface area (Å²) < 4.78 is 5.65. The molecule has 2 N–H and O–H groups in total. The minimum atomic E-state index is -0.827. The average molecular weight is 292 g/mol. The van der Waals surface area contributed by atoms with Gasteiger partial charge in [0.2, 0.25) is 0 Å². The zero-order valence-corrected chi connectivity index (χ0v) is 12.0. The van der Waals surface area contributed by atoms with Crippen LogP contribution in [0.3, 0.4) is 0 Å². The zero-order chi connectivity index (χ0) is 15.2. The number of hydrogen-bond donors (Lipinski definition) is 2. The van der Waals surface area contributed by atoms with Crippen LogP contribution in [0.4, 0.5) is 0 Å². The van der Waals surface area contributed by atoms with Gasteiger partial charge in [-0.15, -0.1) is 0 Å². The van der Waals surface area contributed by atoms with E-state index in [1.54, 1.807) is 18.2 Å². The van der Waals surface area contributed by atoms with Gasteiger partial charge in [-0.05, 0) is 19.1 Å². The minimum Gasteiger partial charge on any atom is -0.491 e. The summed E-state index contributed by atoms with van der Waals surface area (Å²) in [6, 6.07) is 6.56. The highest BCUT2D eigenvalue weighted by molar-refractivity contribution is 5.96. The lowest BCUT2D eigenvalue weighted by Crippen LogP contribution is -2.55. The summed E-state index contributed by atoms with van der Waals surface area (Å²) in [4.78, 5) is 24.6. The van der Waals surface area contributed by atoms with E-state index in [0.29, 0.717) is 37.6 Å². The summed E-state index contributed by atoms with van der Waals surface area (Å²) in [6.45, 7) is 4.26. The number of nitrogens with zero attached hydrogens (tertiary/aromatic N) is 1. The highest BCUT2D eigenvalue weighted by atomic mass is 16.5. The van der Waals surface area contributed by atoms with Gasteiger partial charge in [-0.25, -0.2) is 0 Å². The van der Waals surface area contributed by atoms with Gasteiger partial charge >= 0.3 is 5.97 Å². The summed E-state index contributed by atoms with van der Waals surface area (Å²) in [7, 11) is 0. The number of hydrogen-bond acceptors (Lipinski definition) is 5. The summed E-state index contributed by atoms with van der Waals surface area (Å²) in [5.41, 5.74) is 0.549. The Balaban J connectivity index is 1.92. The molecule has 1 saturated heterocycles. The smallest absolute Gasteiger partial charge is 0.322 e. The lowest BCUT2D eigenvalue weighted by molar-refractivity contribution is -0.144. The average Bonchev–Trinajstić information content (AvgIpc) is 2.48. The molecule has 1 unspecified atom stereocenters. The SMILES string of the molecule is CC(=O)c1ccccc1OCCN1CCNCC1C(=O)O. The molecule has 21 heavy (non-hydrogen) atoms. The topological polar surface area (TPSA) is 78.9 Å². The quantitative estimate of drug-likeness (QED) is 0.749. The molecule has 0 saturated carbocycles. The minimum absolute atomic E-state index is 0.0452. The van der Waals surface area contributed by atoms with Gasteiger partial charge in [0, 0.05) is 26.2 Å². The Morgan fingerprint density at radius 2 is 2.19 bits per heavy atom. The first-order valence-electron chi connectivity index (χ1n) is 7.00. The van der Waals surface area contributed by atoms with Crippen LogP contribution in [-0.4, -0.2) is 60.6 Å². The lowest BCUT2D eigenvalue weighted by atomic mass is 10.1. The van der Waals surface area contributed by atoms with E-state index in [1.807, 2.05) is 11.0 Å². The molecule has 0 aliphatic carbocycles. The molecule has 1 heterocycles. The fourth-order valence-corrected chi connectivity index (χ4v) is 2.41. The largest absolute Gasteiger partial charge is 0.491 e. The number of carbonyl (C=O) groups is 2. The van der Waals surface area contributed by atoms with Crippen molar-refractivity contribution in [2.75, 3.05) is 32.8 Å². The second-order valence-electron chi connectivity index (χ2n) is 4.99. The van der Waals surface area contributed by atoms with Gasteiger partial charge in [-0.1, -0.05) is 12.1 Å². The molecule has 0 bridgehead atoms. The van der Waals surface area contributed by atoms with E-state index in [0.717, 1.165) is 6.54 Å². The van der Waals surface area contributed by atoms with Crippen molar-refractivity contribution in [1.82, 2.24) is 10.2 Å². The number of aliphatic carboxylic acids is 1. The van der Waals surface area contributed by atoms with Crippen molar-refractivity contribution in [3.05, 3.63) is 29.8 Å². The fraction of sp³-hybridized carbons (Fsp3) is 0.467. The van der Waals surface area contributed by atoms with Crippen molar-refractivity contribution in [3.63, 3.8) is 0 Å². The van der Waals surface area contributed by atoms with Crippen LogP contribution in [0.15, 0.2) is 24.3 Å². The van der Waals surface area contributed by atoms with Gasteiger partial charge in [0.25, 0.3) is 0 Å². The van der Waals surface area contributed by atoms with Crippen LogP contribution in [0.5, 0.6) is 5.75 Å². The first-order valence-corrected chi connectivity index (χ1v) is 7.00. The fourth-order valence-electron chi connectivity index (χ4n) is 2.41. The van der Waals surface area contributed by atoms with E-state index in [9.17, 15) is 14.7 Å². The second-order valence-corrected chi connectivity index (χ2v) is 4.99. The Labute approximate surface area is 123 Å². The van der Waals surface area contributed by atoms with Crippen LogP contribution in [0.25, 0.3) is 0 Å².